The van der Waals surface area contributed by atoms with E-state index in [4.69, 9.17) is 10.4 Å². The number of aryl methyl sites for hydroxylation is 1. The summed E-state index contributed by atoms with van der Waals surface area (Å²) >= 11 is 0. The van der Waals surface area contributed by atoms with Gasteiger partial charge in [-0.3, -0.25) is 4.68 Å². The molecule has 5 nitrogen and oxygen atoms in total. The summed E-state index contributed by atoms with van der Waals surface area (Å²) in [5, 5.41) is 29.8. The first-order valence-electron chi connectivity index (χ1n) is 5.23. The van der Waals surface area contributed by atoms with Crippen molar-refractivity contribution in [1.82, 2.24) is 9.78 Å². The number of rotatable bonds is 0. The van der Waals surface area contributed by atoms with E-state index in [9.17, 15) is 5.11 Å². The van der Waals surface area contributed by atoms with Crippen molar-refractivity contribution < 1.29 is 10.2 Å². The first-order chi connectivity index (χ1) is 8.22. The molecule has 1 aromatic heterocycles. The topological polar surface area (TPSA) is 82.1 Å². The van der Waals surface area contributed by atoms with Crippen molar-refractivity contribution in [1.29, 1.82) is 5.26 Å². The molecule has 0 bridgehead atoms. The SMILES string of the molecule is CC.CO.Cn1nc2ccc(O)cc2c1C#N. The molecule has 0 aliphatic rings. The highest BCUT2D eigenvalue weighted by Crippen LogP contribution is 2.21. The molecule has 0 aliphatic carbocycles. The lowest BCUT2D eigenvalue weighted by Crippen LogP contribution is -1.92. The van der Waals surface area contributed by atoms with Gasteiger partial charge in [0.1, 0.15) is 17.5 Å². The zero-order valence-electron chi connectivity index (χ0n) is 10.5. The summed E-state index contributed by atoms with van der Waals surface area (Å²) < 4.78 is 1.50. The molecule has 0 spiro atoms. The van der Waals surface area contributed by atoms with Crippen LogP contribution in [0, 0.1) is 11.3 Å². The maximum Gasteiger partial charge on any atom is 0.146 e. The van der Waals surface area contributed by atoms with Gasteiger partial charge in [0, 0.05) is 19.5 Å². The van der Waals surface area contributed by atoms with E-state index < -0.39 is 0 Å². The highest BCUT2D eigenvalue weighted by molar-refractivity contribution is 5.85. The number of hydrogen-bond donors (Lipinski definition) is 2. The van der Waals surface area contributed by atoms with Gasteiger partial charge in [0.2, 0.25) is 0 Å². The quantitative estimate of drug-likeness (QED) is 0.729. The van der Waals surface area contributed by atoms with Crippen LogP contribution >= 0.6 is 0 Å². The zero-order chi connectivity index (χ0) is 13.4. The summed E-state index contributed by atoms with van der Waals surface area (Å²) in [6.45, 7) is 4.00. The van der Waals surface area contributed by atoms with Crippen molar-refractivity contribution in [3.63, 3.8) is 0 Å². The average Bonchev–Trinajstić information content (AvgIpc) is 2.69. The molecular weight excluding hydrogens is 218 g/mol. The number of fused-ring (bicyclic) bond motifs is 1. The molecule has 0 aliphatic heterocycles. The van der Waals surface area contributed by atoms with E-state index in [1.165, 1.54) is 4.68 Å². The molecule has 0 saturated heterocycles. The van der Waals surface area contributed by atoms with E-state index in [1.54, 1.807) is 25.2 Å². The predicted molar refractivity (Wildman–Crippen MR) is 66.6 cm³/mol. The number of aliphatic hydroxyl groups excluding tert-OH is 1. The minimum atomic E-state index is 0.150. The fourth-order valence-electron chi connectivity index (χ4n) is 1.32. The van der Waals surface area contributed by atoms with Gasteiger partial charge in [0.15, 0.2) is 0 Å². The molecule has 0 saturated carbocycles. The lowest BCUT2D eigenvalue weighted by Gasteiger charge is -1.90. The van der Waals surface area contributed by atoms with E-state index >= 15 is 0 Å². The molecule has 0 fully saturated rings. The Morgan fingerprint density at radius 2 is 1.88 bits per heavy atom. The highest BCUT2D eigenvalue weighted by Gasteiger charge is 2.07. The van der Waals surface area contributed by atoms with Gasteiger partial charge in [-0.25, -0.2) is 0 Å². The second kappa shape index (κ2) is 7.25. The Kier molecular flexibility index (Phi) is 6.37. The number of phenols is 1. The number of aromatic nitrogens is 2. The van der Waals surface area contributed by atoms with Crippen molar-refractivity contribution in [3.05, 3.63) is 23.9 Å². The van der Waals surface area contributed by atoms with Crippen molar-refractivity contribution in [2.75, 3.05) is 7.11 Å². The van der Waals surface area contributed by atoms with E-state index in [2.05, 4.69) is 5.10 Å². The molecule has 2 aromatic rings. The molecule has 2 N–H and O–H groups in total. The maximum atomic E-state index is 9.21. The molecule has 1 aromatic carbocycles. The van der Waals surface area contributed by atoms with Crippen LogP contribution in [0.1, 0.15) is 19.5 Å². The number of aliphatic hydroxyl groups is 1. The molecule has 0 radical (unpaired) electrons. The van der Waals surface area contributed by atoms with Gasteiger partial charge < -0.3 is 10.2 Å². The summed E-state index contributed by atoms with van der Waals surface area (Å²) in [7, 11) is 2.70. The summed E-state index contributed by atoms with van der Waals surface area (Å²) in [5.41, 5.74) is 1.18. The van der Waals surface area contributed by atoms with Crippen molar-refractivity contribution in [2.24, 2.45) is 7.05 Å². The normalized spacial score (nSPS) is 8.47. The van der Waals surface area contributed by atoms with E-state index in [0.29, 0.717) is 11.1 Å². The standard InChI is InChI=1S/C9H7N3O.C2H6.CH4O/c1-12-9(5-10)7-4-6(13)2-3-8(7)11-12;2*1-2/h2-4,13H,1H3;1-2H3;2H,1H3. The first-order valence-corrected chi connectivity index (χ1v) is 5.23. The lowest BCUT2D eigenvalue weighted by molar-refractivity contribution is 0.399. The Morgan fingerprint density at radius 1 is 1.29 bits per heavy atom. The van der Waals surface area contributed by atoms with Crippen LogP contribution in [-0.4, -0.2) is 27.1 Å². The maximum absolute atomic E-state index is 9.21. The third kappa shape index (κ3) is 3.20. The largest absolute Gasteiger partial charge is 0.508 e. The summed E-state index contributed by atoms with van der Waals surface area (Å²) in [6, 6.07) is 6.82. The Labute approximate surface area is 101 Å². The third-order valence-corrected chi connectivity index (χ3v) is 1.92. The summed E-state index contributed by atoms with van der Waals surface area (Å²) in [4.78, 5) is 0. The van der Waals surface area contributed by atoms with E-state index in [1.807, 2.05) is 19.9 Å². The average molecular weight is 235 g/mol. The van der Waals surface area contributed by atoms with E-state index in [0.717, 1.165) is 12.6 Å². The van der Waals surface area contributed by atoms with Gasteiger partial charge in [0.05, 0.1) is 5.52 Å². The lowest BCUT2D eigenvalue weighted by atomic mass is 10.2. The Morgan fingerprint density at radius 3 is 2.41 bits per heavy atom. The van der Waals surface area contributed by atoms with Crippen LogP contribution in [0.5, 0.6) is 5.75 Å². The number of hydrogen-bond acceptors (Lipinski definition) is 4. The fourth-order valence-corrected chi connectivity index (χ4v) is 1.32. The van der Waals surface area contributed by atoms with Gasteiger partial charge in [-0.05, 0) is 18.2 Å². The third-order valence-electron chi connectivity index (χ3n) is 1.92. The summed E-state index contributed by atoms with van der Waals surface area (Å²) in [6.07, 6.45) is 0. The molecular formula is C12H17N3O2. The monoisotopic (exact) mass is 235 g/mol. The van der Waals surface area contributed by atoms with Gasteiger partial charge in [-0.1, -0.05) is 13.8 Å². The number of phenolic OH excluding ortho intramolecular Hbond substituents is 1. The molecule has 17 heavy (non-hydrogen) atoms. The number of benzene rings is 1. The zero-order valence-corrected chi connectivity index (χ0v) is 10.5. The van der Waals surface area contributed by atoms with Crippen LogP contribution in [-0.2, 0) is 7.05 Å². The molecule has 0 amide bonds. The minimum Gasteiger partial charge on any atom is -0.508 e. The Balaban J connectivity index is 0.000000581. The van der Waals surface area contributed by atoms with Crippen LogP contribution in [0.3, 0.4) is 0 Å². The van der Waals surface area contributed by atoms with Gasteiger partial charge in [-0.2, -0.15) is 10.4 Å². The van der Waals surface area contributed by atoms with Gasteiger partial charge >= 0.3 is 0 Å². The van der Waals surface area contributed by atoms with Crippen LogP contribution in [0.2, 0.25) is 0 Å². The second-order valence-corrected chi connectivity index (χ2v) is 2.79. The molecule has 0 unspecified atom stereocenters. The van der Waals surface area contributed by atoms with Crippen molar-refractivity contribution >= 4 is 10.9 Å². The van der Waals surface area contributed by atoms with E-state index in [-0.39, 0.29) is 5.75 Å². The molecule has 2 rings (SSSR count). The minimum absolute atomic E-state index is 0.150. The molecule has 1 heterocycles. The first kappa shape index (κ1) is 14.9. The predicted octanol–water partition coefficient (Wildman–Crippen LogP) is 1.79. The molecule has 0 atom stereocenters. The number of nitrogens with zero attached hydrogens (tertiary/aromatic N) is 3. The fraction of sp³-hybridized carbons (Fsp3) is 0.333. The van der Waals surface area contributed by atoms with Crippen LogP contribution in [0.4, 0.5) is 0 Å². The number of nitriles is 1. The second-order valence-electron chi connectivity index (χ2n) is 2.79. The van der Waals surface area contributed by atoms with Crippen molar-refractivity contribution in [2.45, 2.75) is 13.8 Å². The molecule has 92 valence electrons. The highest BCUT2D eigenvalue weighted by atomic mass is 16.3. The van der Waals surface area contributed by atoms with Crippen LogP contribution in [0.15, 0.2) is 18.2 Å². The smallest absolute Gasteiger partial charge is 0.146 e. The van der Waals surface area contributed by atoms with Crippen LogP contribution < -0.4 is 0 Å². The van der Waals surface area contributed by atoms with Crippen molar-refractivity contribution in [3.8, 4) is 11.8 Å². The van der Waals surface area contributed by atoms with Gasteiger partial charge in [-0.15, -0.1) is 0 Å². The number of aromatic hydroxyl groups is 1. The summed E-state index contributed by atoms with van der Waals surface area (Å²) in [5.74, 6) is 0.150. The molecule has 5 heteroatoms. The van der Waals surface area contributed by atoms with Crippen LogP contribution in [0.25, 0.3) is 10.9 Å². The Hall–Kier alpha value is -2.06. The van der Waals surface area contributed by atoms with Gasteiger partial charge in [0.25, 0.3) is 0 Å². The Bertz CT molecular complexity index is 512.